The number of carbonyl (C=O) groups excluding carboxylic acids is 1. The van der Waals surface area contributed by atoms with Crippen molar-refractivity contribution in [3.8, 4) is 11.6 Å². The number of para-hydroxylation sites is 1. The van der Waals surface area contributed by atoms with Crippen molar-refractivity contribution < 1.29 is 31.8 Å². The molecule has 5 nitrogen and oxygen atoms in total. The smallest absolute Gasteiger partial charge is 0.422 e. The molecule has 1 heterocycles. The molecule has 140 valence electrons. The highest BCUT2D eigenvalue weighted by Gasteiger charge is 2.29. The van der Waals surface area contributed by atoms with Gasteiger partial charge in [-0.2, -0.15) is 13.2 Å². The summed E-state index contributed by atoms with van der Waals surface area (Å²) < 4.78 is 59.8. The minimum atomic E-state index is -4.48. The van der Waals surface area contributed by atoms with Gasteiger partial charge in [0.15, 0.2) is 18.2 Å². The second-order valence-corrected chi connectivity index (χ2v) is 5.18. The second-order valence-electron chi connectivity index (χ2n) is 5.18. The number of halogens is 4. The summed E-state index contributed by atoms with van der Waals surface area (Å²) in [5.74, 6) is -1.11. The van der Waals surface area contributed by atoms with Gasteiger partial charge in [-0.25, -0.2) is 9.37 Å². The third kappa shape index (κ3) is 6.58. The minimum Gasteiger partial charge on any atom is -0.490 e. The van der Waals surface area contributed by atoms with E-state index in [1.807, 2.05) is 0 Å². The van der Waals surface area contributed by atoms with Crippen molar-refractivity contribution >= 4 is 5.91 Å². The fourth-order valence-corrected chi connectivity index (χ4v) is 1.94. The number of benzene rings is 1. The number of nitrogens with zero attached hydrogens (tertiary/aromatic N) is 1. The van der Waals surface area contributed by atoms with Gasteiger partial charge in [-0.1, -0.05) is 18.2 Å². The van der Waals surface area contributed by atoms with Crippen molar-refractivity contribution in [2.24, 2.45) is 0 Å². The van der Waals surface area contributed by atoms with E-state index in [9.17, 15) is 22.4 Å². The van der Waals surface area contributed by atoms with Crippen LogP contribution >= 0.6 is 0 Å². The Kier molecular flexibility index (Phi) is 6.76. The average Bonchev–Trinajstić information content (AvgIpc) is 2.60. The van der Waals surface area contributed by atoms with Gasteiger partial charge in [0.1, 0.15) is 0 Å². The zero-order valence-electron chi connectivity index (χ0n) is 13.6. The second kappa shape index (κ2) is 9.02. The van der Waals surface area contributed by atoms with E-state index in [1.165, 1.54) is 36.5 Å². The number of hydrogen-bond donors (Lipinski definition) is 1. The molecule has 0 spiro atoms. The zero-order chi connectivity index (χ0) is 19.0. The molecule has 1 amide bonds. The first-order chi connectivity index (χ1) is 12.3. The van der Waals surface area contributed by atoms with Gasteiger partial charge in [-0.3, -0.25) is 4.79 Å². The van der Waals surface area contributed by atoms with E-state index < -0.39 is 24.5 Å². The summed E-state index contributed by atoms with van der Waals surface area (Å²) in [6.45, 7) is -1.57. The number of rotatable bonds is 8. The average molecular weight is 372 g/mol. The lowest BCUT2D eigenvalue weighted by molar-refractivity contribution is -0.154. The molecule has 26 heavy (non-hydrogen) atoms. The van der Waals surface area contributed by atoms with Gasteiger partial charge in [0, 0.05) is 18.3 Å². The van der Waals surface area contributed by atoms with Crippen LogP contribution in [0.2, 0.25) is 0 Å². The Bertz CT molecular complexity index is 738. The maximum Gasteiger partial charge on any atom is 0.422 e. The van der Waals surface area contributed by atoms with Crippen molar-refractivity contribution in [1.82, 2.24) is 10.3 Å². The maximum absolute atomic E-state index is 13.4. The lowest BCUT2D eigenvalue weighted by atomic mass is 10.2. The molecule has 0 atom stereocenters. The number of aromatic nitrogens is 1. The lowest BCUT2D eigenvalue weighted by Crippen LogP contribution is -2.25. The first-order valence-corrected chi connectivity index (χ1v) is 7.62. The van der Waals surface area contributed by atoms with Gasteiger partial charge in [-0.15, -0.1) is 0 Å². The SMILES string of the molecule is O=C(CCOc1ccccc1F)NCc1cccnc1OCC(F)(F)F. The Labute approximate surface area is 146 Å². The lowest BCUT2D eigenvalue weighted by Gasteiger charge is -2.12. The van der Waals surface area contributed by atoms with Crippen LogP contribution in [0, 0.1) is 5.82 Å². The highest BCUT2D eigenvalue weighted by atomic mass is 19.4. The summed E-state index contributed by atoms with van der Waals surface area (Å²) in [6, 6.07) is 8.80. The van der Waals surface area contributed by atoms with Crippen LogP contribution in [0.25, 0.3) is 0 Å². The van der Waals surface area contributed by atoms with Gasteiger partial charge in [0.05, 0.1) is 13.0 Å². The van der Waals surface area contributed by atoms with Crippen LogP contribution in [0.1, 0.15) is 12.0 Å². The zero-order valence-corrected chi connectivity index (χ0v) is 13.6. The molecular formula is C17H16F4N2O3. The topological polar surface area (TPSA) is 60.5 Å². The molecule has 0 unspecified atom stereocenters. The van der Waals surface area contributed by atoms with E-state index in [0.717, 1.165) is 0 Å². The van der Waals surface area contributed by atoms with Gasteiger partial charge >= 0.3 is 6.18 Å². The highest BCUT2D eigenvalue weighted by molar-refractivity contribution is 5.76. The molecule has 0 aliphatic rings. The number of carbonyl (C=O) groups is 1. The molecule has 0 bridgehead atoms. The van der Waals surface area contributed by atoms with Crippen LogP contribution in [-0.2, 0) is 11.3 Å². The van der Waals surface area contributed by atoms with E-state index in [4.69, 9.17) is 4.74 Å². The molecule has 1 N–H and O–H groups in total. The molecular weight excluding hydrogens is 356 g/mol. The van der Waals surface area contributed by atoms with Crippen LogP contribution in [0.15, 0.2) is 42.6 Å². The van der Waals surface area contributed by atoms with Gasteiger partial charge in [0.25, 0.3) is 0 Å². The number of nitrogens with one attached hydrogen (secondary N) is 1. The fourth-order valence-electron chi connectivity index (χ4n) is 1.94. The Hall–Kier alpha value is -2.84. The summed E-state index contributed by atoms with van der Waals surface area (Å²) in [6.07, 6.45) is -3.24. The largest absolute Gasteiger partial charge is 0.490 e. The molecule has 0 radical (unpaired) electrons. The number of alkyl halides is 3. The van der Waals surface area contributed by atoms with Crippen LogP contribution < -0.4 is 14.8 Å². The summed E-state index contributed by atoms with van der Waals surface area (Å²) >= 11 is 0. The van der Waals surface area contributed by atoms with Crippen molar-refractivity contribution in [3.05, 3.63) is 54.0 Å². The monoisotopic (exact) mass is 372 g/mol. The normalized spacial score (nSPS) is 11.1. The van der Waals surface area contributed by atoms with Gasteiger partial charge < -0.3 is 14.8 Å². The van der Waals surface area contributed by atoms with E-state index in [2.05, 4.69) is 15.0 Å². The number of pyridine rings is 1. The third-order valence-corrected chi connectivity index (χ3v) is 3.12. The summed E-state index contributed by atoms with van der Waals surface area (Å²) in [7, 11) is 0. The molecule has 1 aromatic carbocycles. The van der Waals surface area contributed by atoms with Crippen LogP contribution in [0.4, 0.5) is 17.6 Å². The number of amides is 1. The molecule has 9 heteroatoms. The first-order valence-electron chi connectivity index (χ1n) is 7.62. The molecule has 0 fully saturated rings. The predicted octanol–water partition coefficient (Wildman–Crippen LogP) is 3.25. The number of ether oxygens (including phenoxy) is 2. The first kappa shape index (κ1) is 19.5. The molecule has 0 aliphatic carbocycles. The van der Waals surface area contributed by atoms with E-state index in [1.54, 1.807) is 6.07 Å². The quantitative estimate of drug-likeness (QED) is 0.723. The molecule has 2 rings (SSSR count). The maximum atomic E-state index is 13.4. The van der Waals surface area contributed by atoms with Crippen LogP contribution in [-0.4, -0.2) is 30.3 Å². The van der Waals surface area contributed by atoms with E-state index in [-0.39, 0.29) is 31.2 Å². The van der Waals surface area contributed by atoms with Crippen molar-refractivity contribution in [2.45, 2.75) is 19.1 Å². The molecule has 0 saturated heterocycles. The Morgan fingerprint density at radius 1 is 1.12 bits per heavy atom. The minimum absolute atomic E-state index is 0.0374. The molecule has 2 aromatic rings. The van der Waals surface area contributed by atoms with Crippen molar-refractivity contribution in [2.75, 3.05) is 13.2 Å². The summed E-state index contributed by atoms with van der Waals surface area (Å²) in [4.78, 5) is 15.5. The van der Waals surface area contributed by atoms with Crippen LogP contribution in [0.3, 0.4) is 0 Å². The Morgan fingerprint density at radius 3 is 2.62 bits per heavy atom. The highest BCUT2D eigenvalue weighted by Crippen LogP contribution is 2.20. The van der Waals surface area contributed by atoms with Gasteiger partial charge in [0.2, 0.25) is 11.8 Å². The number of hydrogen-bond acceptors (Lipinski definition) is 4. The molecule has 0 aliphatic heterocycles. The summed E-state index contributed by atoms with van der Waals surface area (Å²) in [5.41, 5.74) is 0.306. The van der Waals surface area contributed by atoms with Crippen molar-refractivity contribution in [1.29, 1.82) is 0 Å². The van der Waals surface area contributed by atoms with E-state index in [0.29, 0.717) is 5.56 Å². The molecule has 1 aromatic heterocycles. The molecule has 0 saturated carbocycles. The standard InChI is InChI=1S/C17H16F4N2O3/c18-13-5-1-2-6-14(13)25-9-7-15(24)23-10-12-4-3-8-22-16(12)26-11-17(19,20)21/h1-6,8H,7,9-11H2,(H,23,24). The van der Waals surface area contributed by atoms with Crippen molar-refractivity contribution in [3.63, 3.8) is 0 Å². The predicted molar refractivity (Wildman–Crippen MR) is 84.1 cm³/mol. The fraction of sp³-hybridized carbons (Fsp3) is 0.294. The Morgan fingerprint density at radius 2 is 1.88 bits per heavy atom. The Balaban J connectivity index is 1.79. The third-order valence-electron chi connectivity index (χ3n) is 3.12. The summed E-state index contributed by atoms with van der Waals surface area (Å²) in [5, 5.41) is 2.52. The van der Waals surface area contributed by atoms with Crippen LogP contribution in [0.5, 0.6) is 11.6 Å². The van der Waals surface area contributed by atoms with Gasteiger partial charge in [-0.05, 0) is 18.2 Å². The van der Waals surface area contributed by atoms with E-state index >= 15 is 0 Å².